The van der Waals surface area contributed by atoms with Crippen molar-refractivity contribution in [2.24, 2.45) is 11.7 Å². The van der Waals surface area contributed by atoms with Crippen molar-refractivity contribution in [1.29, 1.82) is 0 Å². The fourth-order valence-electron chi connectivity index (χ4n) is 1.37. The van der Waals surface area contributed by atoms with Gasteiger partial charge in [-0.2, -0.15) is 0 Å². The summed E-state index contributed by atoms with van der Waals surface area (Å²) in [7, 11) is 1.96. The second kappa shape index (κ2) is 4.98. The molecule has 0 unspecified atom stereocenters. The van der Waals surface area contributed by atoms with Gasteiger partial charge in [0, 0.05) is 25.2 Å². The summed E-state index contributed by atoms with van der Waals surface area (Å²) in [6, 6.07) is 0. The highest BCUT2D eigenvalue weighted by Crippen LogP contribution is 2.19. The number of rotatable bonds is 3. The third-order valence-corrected chi connectivity index (χ3v) is 2.93. The van der Waals surface area contributed by atoms with Crippen molar-refractivity contribution in [3.63, 3.8) is 0 Å². The Morgan fingerprint density at radius 3 is 2.64 bits per heavy atom. The van der Waals surface area contributed by atoms with Crippen LogP contribution < -0.4 is 10.5 Å². The molecule has 0 amide bonds. The largest absolute Gasteiger partial charge is 0.330 e. The molecule has 11 heavy (non-hydrogen) atoms. The molecule has 0 spiro atoms. The Labute approximate surface area is 73.0 Å². The van der Waals surface area contributed by atoms with E-state index in [9.17, 15) is 0 Å². The average molecular weight is 175 g/mol. The Balaban J connectivity index is 2.14. The number of hydrogen-bond donors (Lipinski definition) is 2. The monoisotopic (exact) mass is 175 g/mol. The van der Waals surface area contributed by atoms with Gasteiger partial charge >= 0.3 is 0 Å². The summed E-state index contributed by atoms with van der Waals surface area (Å²) < 4.78 is 5.43. The minimum Gasteiger partial charge on any atom is -0.330 e. The number of piperidine rings is 1. The predicted octanol–water partition coefficient (Wildman–Crippen LogP) is 0.440. The van der Waals surface area contributed by atoms with Crippen molar-refractivity contribution in [3.05, 3.63) is 0 Å². The van der Waals surface area contributed by atoms with Crippen LogP contribution in [0.2, 0.25) is 0 Å². The van der Waals surface area contributed by atoms with Crippen LogP contribution in [0.4, 0.5) is 0 Å². The van der Waals surface area contributed by atoms with Crippen molar-refractivity contribution >= 4 is 12.1 Å². The molecule has 0 radical (unpaired) electrons. The van der Waals surface area contributed by atoms with Crippen molar-refractivity contribution in [3.8, 4) is 0 Å². The highest BCUT2D eigenvalue weighted by molar-refractivity contribution is 7.95. The lowest BCUT2D eigenvalue weighted by Crippen LogP contribution is -2.33. The van der Waals surface area contributed by atoms with E-state index < -0.39 is 0 Å². The van der Waals surface area contributed by atoms with Gasteiger partial charge in [-0.25, -0.2) is 4.31 Å². The molecule has 66 valence electrons. The van der Waals surface area contributed by atoms with Gasteiger partial charge in [-0.15, -0.1) is 0 Å². The molecule has 3 nitrogen and oxygen atoms in total. The molecule has 0 saturated carbocycles. The Morgan fingerprint density at radius 2 is 2.18 bits per heavy atom. The summed E-state index contributed by atoms with van der Waals surface area (Å²) in [5.41, 5.74) is 5.58. The molecule has 1 saturated heterocycles. The fourth-order valence-corrected chi connectivity index (χ4v) is 2.02. The van der Waals surface area contributed by atoms with Crippen molar-refractivity contribution in [2.75, 3.05) is 26.7 Å². The van der Waals surface area contributed by atoms with Crippen LogP contribution in [-0.4, -0.2) is 31.0 Å². The molecular formula is C7H17N3S. The third kappa shape index (κ3) is 2.99. The van der Waals surface area contributed by atoms with E-state index in [4.69, 9.17) is 5.73 Å². The molecule has 1 rings (SSSR count). The van der Waals surface area contributed by atoms with E-state index in [1.54, 1.807) is 12.1 Å². The van der Waals surface area contributed by atoms with Crippen molar-refractivity contribution in [2.45, 2.75) is 12.8 Å². The Bertz CT molecular complexity index is 102. The lowest BCUT2D eigenvalue weighted by Gasteiger charge is -2.29. The van der Waals surface area contributed by atoms with Gasteiger partial charge in [-0.05, 0) is 32.4 Å². The van der Waals surface area contributed by atoms with Crippen LogP contribution in [-0.2, 0) is 0 Å². The normalized spacial score (nSPS) is 22.4. The number of nitrogens with zero attached hydrogens (tertiary/aromatic N) is 1. The van der Waals surface area contributed by atoms with Crippen LogP contribution >= 0.6 is 12.1 Å². The summed E-state index contributed by atoms with van der Waals surface area (Å²) in [6.45, 7) is 3.21. The van der Waals surface area contributed by atoms with Crippen LogP contribution in [0.5, 0.6) is 0 Å². The summed E-state index contributed by atoms with van der Waals surface area (Å²) >= 11 is 1.71. The maximum Gasteiger partial charge on any atom is 0.0104 e. The topological polar surface area (TPSA) is 41.3 Å². The molecule has 0 bridgehead atoms. The van der Waals surface area contributed by atoms with Gasteiger partial charge in [0.25, 0.3) is 0 Å². The molecular weight excluding hydrogens is 158 g/mol. The summed E-state index contributed by atoms with van der Waals surface area (Å²) in [6.07, 6.45) is 2.51. The summed E-state index contributed by atoms with van der Waals surface area (Å²) in [5.74, 6) is 0.767. The van der Waals surface area contributed by atoms with E-state index in [-0.39, 0.29) is 0 Å². The van der Waals surface area contributed by atoms with Gasteiger partial charge < -0.3 is 5.73 Å². The number of nitrogens with two attached hydrogens (primary N) is 1. The molecule has 1 fully saturated rings. The van der Waals surface area contributed by atoms with E-state index in [2.05, 4.69) is 9.03 Å². The van der Waals surface area contributed by atoms with Gasteiger partial charge in [-0.1, -0.05) is 0 Å². The predicted molar refractivity (Wildman–Crippen MR) is 50.0 cm³/mol. The van der Waals surface area contributed by atoms with Gasteiger partial charge in [0.05, 0.1) is 0 Å². The molecule has 1 aliphatic rings. The van der Waals surface area contributed by atoms with Crippen LogP contribution in [0.25, 0.3) is 0 Å². The van der Waals surface area contributed by atoms with Crippen molar-refractivity contribution < 1.29 is 0 Å². The molecule has 4 heteroatoms. The Hall–Kier alpha value is 0.230. The molecule has 0 aromatic rings. The number of nitrogens with one attached hydrogen (secondary N) is 1. The maximum atomic E-state index is 5.58. The first kappa shape index (κ1) is 9.32. The van der Waals surface area contributed by atoms with Crippen LogP contribution in [0.3, 0.4) is 0 Å². The summed E-state index contributed by atoms with van der Waals surface area (Å²) in [5, 5.41) is 0. The minimum atomic E-state index is 0.767. The number of hydrogen-bond acceptors (Lipinski definition) is 4. The van der Waals surface area contributed by atoms with E-state index in [0.29, 0.717) is 0 Å². The standard InChI is InChI=1S/C7H17N3S/c1-9-11-10-4-2-7(6-8)3-5-10/h7,9H,2-6,8H2,1H3. The highest BCUT2D eigenvalue weighted by atomic mass is 32.2. The second-order valence-corrected chi connectivity index (χ2v) is 4.01. The Kier molecular flexibility index (Phi) is 4.22. The second-order valence-electron chi connectivity index (χ2n) is 2.90. The first-order valence-electron chi connectivity index (χ1n) is 4.15. The molecule has 0 aromatic carbocycles. The fraction of sp³-hybridized carbons (Fsp3) is 1.00. The van der Waals surface area contributed by atoms with Gasteiger partial charge in [-0.3, -0.25) is 4.72 Å². The molecule has 1 heterocycles. The molecule has 0 aromatic heterocycles. The molecule has 1 aliphatic heterocycles. The van der Waals surface area contributed by atoms with E-state index in [1.807, 2.05) is 7.05 Å². The van der Waals surface area contributed by atoms with E-state index in [1.165, 1.54) is 25.9 Å². The van der Waals surface area contributed by atoms with E-state index in [0.717, 1.165) is 12.5 Å². The zero-order valence-electron chi connectivity index (χ0n) is 7.05. The van der Waals surface area contributed by atoms with Crippen LogP contribution in [0.1, 0.15) is 12.8 Å². The third-order valence-electron chi connectivity index (χ3n) is 2.13. The quantitative estimate of drug-likeness (QED) is 0.611. The average Bonchev–Trinajstić information content (AvgIpc) is 2.07. The first-order valence-corrected chi connectivity index (χ1v) is 4.93. The maximum absolute atomic E-state index is 5.58. The van der Waals surface area contributed by atoms with Gasteiger partial charge in [0.2, 0.25) is 0 Å². The smallest absolute Gasteiger partial charge is 0.0104 e. The van der Waals surface area contributed by atoms with Crippen LogP contribution in [0, 0.1) is 5.92 Å². The molecule has 0 atom stereocenters. The molecule has 0 aliphatic carbocycles. The van der Waals surface area contributed by atoms with Crippen LogP contribution in [0.15, 0.2) is 0 Å². The summed E-state index contributed by atoms with van der Waals surface area (Å²) in [4.78, 5) is 0. The van der Waals surface area contributed by atoms with Crippen molar-refractivity contribution in [1.82, 2.24) is 9.03 Å². The zero-order chi connectivity index (χ0) is 8.10. The Morgan fingerprint density at radius 1 is 1.55 bits per heavy atom. The first-order chi connectivity index (χ1) is 5.36. The lowest BCUT2D eigenvalue weighted by molar-refractivity contribution is 0.296. The van der Waals surface area contributed by atoms with Gasteiger partial charge in [0.15, 0.2) is 0 Å². The zero-order valence-corrected chi connectivity index (χ0v) is 7.86. The van der Waals surface area contributed by atoms with E-state index >= 15 is 0 Å². The minimum absolute atomic E-state index is 0.767. The van der Waals surface area contributed by atoms with Gasteiger partial charge in [0.1, 0.15) is 0 Å². The lowest BCUT2D eigenvalue weighted by atomic mass is 9.99. The SMILES string of the molecule is CNSN1CCC(CN)CC1. The highest BCUT2D eigenvalue weighted by Gasteiger charge is 2.17. The molecule has 3 N–H and O–H groups in total.